The van der Waals surface area contributed by atoms with Crippen molar-refractivity contribution in [2.24, 2.45) is 17.6 Å². The van der Waals surface area contributed by atoms with Gasteiger partial charge in [-0.15, -0.1) is 0 Å². The first-order valence-corrected chi connectivity index (χ1v) is 8.49. The van der Waals surface area contributed by atoms with Crippen molar-refractivity contribution in [2.75, 3.05) is 0 Å². The first-order valence-electron chi connectivity index (χ1n) is 8.49. The summed E-state index contributed by atoms with van der Waals surface area (Å²) in [5.74, 6) is 0.964. The molecule has 2 bridgehead atoms. The number of carbonyl (C=O) groups excluding carboxylic acids is 1. The lowest BCUT2D eigenvalue weighted by molar-refractivity contribution is 0.0757. The average Bonchev–Trinajstić information content (AvgIpc) is 2.91. The van der Waals surface area contributed by atoms with E-state index in [2.05, 4.69) is 15.4 Å². The van der Waals surface area contributed by atoms with Gasteiger partial charge in [0.2, 0.25) is 0 Å². The molecular formula is C17H23N5O. The molecule has 23 heavy (non-hydrogen) atoms. The molecule has 0 radical (unpaired) electrons. The monoisotopic (exact) mass is 313 g/mol. The molecule has 6 heteroatoms. The fourth-order valence-electron chi connectivity index (χ4n) is 4.37. The van der Waals surface area contributed by atoms with Crippen LogP contribution in [0.3, 0.4) is 0 Å². The highest BCUT2D eigenvalue weighted by atomic mass is 16.1. The van der Waals surface area contributed by atoms with Crippen LogP contribution in [0.2, 0.25) is 0 Å². The molecule has 2 saturated carbocycles. The van der Waals surface area contributed by atoms with Gasteiger partial charge >= 0.3 is 0 Å². The standard InChI is InChI=1S/C17H23N5O/c1-10-5-6-22-16(20-10)14(9-19-22)17(23)21-15-11-3-2-4-12(15)8-13(18)7-11/h5-6,9,11-13,15H,2-4,7-8,18H2,1H3,(H,21,23). The molecule has 0 aromatic carbocycles. The quantitative estimate of drug-likeness (QED) is 0.883. The van der Waals surface area contributed by atoms with Crippen LogP contribution in [0.15, 0.2) is 18.5 Å². The van der Waals surface area contributed by atoms with Gasteiger partial charge in [-0.2, -0.15) is 5.10 Å². The van der Waals surface area contributed by atoms with Crippen LogP contribution in [0.5, 0.6) is 0 Å². The Kier molecular flexibility index (Phi) is 3.56. The van der Waals surface area contributed by atoms with E-state index in [0.29, 0.717) is 29.1 Å². The first kappa shape index (κ1) is 14.6. The summed E-state index contributed by atoms with van der Waals surface area (Å²) in [5.41, 5.74) is 8.23. The SMILES string of the molecule is Cc1ccn2ncc(C(=O)NC3C4CCCC3CC(N)C4)c2n1. The highest BCUT2D eigenvalue weighted by molar-refractivity contribution is 5.99. The second-order valence-electron chi connectivity index (χ2n) is 7.08. The zero-order chi connectivity index (χ0) is 16.0. The third-order valence-electron chi connectivity index (χ3n) is 5.43. The van der Waals surface area contributed by atoms with Gasteiger partial charge in [-0.1, -0.05) is 6.42 Å². The van der Waals surface area contributed by atoms with Crippen LogP contribution in [-0.2, 0) is 0 Å². The molecule has 122 valence electrons. The molecule has 3 N–H and O–H groups in total. The summed E-state index contributed by atoms with van der Waals surface area (Å²) in [5, 5.41) is 7.50. The zero-order valence-electron chi connectivity index (χ0n) is 13.4. The largest absolute Gasteiger partial charge is 0.349 e. The van der Waals surface area contributed by atoms with Crippen LogP contribution in [0.25, 0.3) is 5.65 Å². The van der Waals surface area contributed by atoms with E-state index in [9.17, 15) is 4.79 Å². The third kappa shape index (κ3) is 2.61. The van der Waals surface area contributed by atoms with Crippen molar-refractivity contribution in [1.29, 1.82) is 0 Å². The van der Waals surface area contributed by atoms with Gasteiger partial charge in [0.15, 0.2) is 5.65 Å². The molecule has 2 atom stereocenters. The molecule has 2 aromatic rings. The van der Waals surface area contributed by atoms with Crippen molar-refractivity contribution < 1.29 is 4.79 Å². The summed E-state index contributed by atoms with van der Waals surface area (Å²) in [6, 6.07) is 2.42. The van der Waals surface area contributed by atoms with E-state index < -0.39 is 0 Å². The molecule has 2 unspecified atom stereocenters. The van der Waals surface area contributed by atoms with Gasteiger partial charge in [-0.25, -0.2) is 9.50 Å². The van der Waals surface area contributed by atoms with E-state index in [1.165, 1.54) is 19.3 Å². The molecule has 2 fully saturated rings. The summed E-state index contributed by atoms with van der Waals surface area (Å²) in [7, 11) is 0. The Labute approximate surface area is 135 Å². The summed E-state index contributed by atoms with van der Waals surface area (Å²) in [4.78, 5) is 17.2. The highest BCUT2D eigenvalue weighted by Crippen LogP contribution is 2.39. The smallest absolute Gasteiger partial charge is 0.257 e. The number of nitrogens with zero attached hydrogens (tertiary/aromatic N) is 3. The lowest BCUT2D eigenvalue weighted by Gasteiger charge is -2.45. The first-order chi connectivity index (χ1) is 11.1. The molecule has 4 rings (SSSR count). The Morgan fingerprint density at radius 2 is 2.09 bits per heavy atom. The molecule has 2 heterocycles. The molecule has 6 nitrogen and oxygen atoms in total. The average molecular weight is 313 g/mol. The molecule has 0 aliphatic heterocycles. The minimum absolute atomic E-state index is 0.0597. The maximum atomic E-state index is 12.8. The van der Waals surface area contributed by atoms with Crippen molar-refractivity contribution in [3.8, 4) is 0 Å². The molecular weight excluding hydrogens is 290 g/mol. The number of fused-ring (bicyclic) bond motifs is 3. The van der Waals surface area contributed by atoms with E-state index in [1.807, 2.05) is 19.2 Å². The van der Waals surface area contributed by atoms with E-state index >= 15 is 0 Å². The lowest BCUT2D eigenvalue weighted by atomic mass is 9.67. The third-order valence-corrected chi connectivity index (χ3v) is 5.43. The summed E-state index contributed by atoms with van der Waals surface area (Å²) in [6.07, 6.45) is 9.08. The van der Waals surface area contributed by atoms with Crippen LogP contribution >= 0.6 is 0 Å². The van der Waals surface area contributed by atoms with Crippen LogP contribution < -0.4 is 11.1 Å². The van der Waals surface area contributed by atoms with Gasteiger partial charge in [-0.05, 0) is 50.5 Å². The van der Waals surface area contributed by atoms with Crippen LogP contribution in [-0.4, -0.2) is 32.6 Å². The predicted octanol–water partition coefficient (Wildman–Crippen LogP) is 1.67. The lowest BCUT2D eigenvalue weighted by Crippen LogP contribution is -2.53. The Hall–Kier alpha value is -1.95. The van der Waals surface area contributed by atoms with Crippen LogP contribution in [0.1, 0.15) is 48.2 Å². The van der Waals surface area contributed by atoms with Gasteiger partial charge in [0, 0.05) is 24.0 Å². The number of hydrogen-bond donors (Lipinski definition) is 2. The minimum Gasteiger partial charge on any atom is -0.349 e. The number of aryl methyl sites for hydroxylation is 1. The zero-order valence-corrected chi connectivity index (χ0v) is 13.4. The van der Waals surface area contributed by atoms with Crippen molar-refractivity contribution in [1.82, 2.24) is 19.9 Å². The van der Waals surface area contributed by atoms with Gasteiger partial charge in [-0.3, -0.25) is 4.79 Å². The topological polar surface area (TPSA) is 85.3 Å². The molecule has 2 aliphatic carbocycles. The second-order valence-corrected chi connectivity index (χ2v) is 7.08. The Bertz CT molecular complexity index is 726. The highest BCUT2D eigenvalue weighted by Gasteiger charge is 2.40. The van der Waals surface area contributed by atoms with Crippen molar-refractivity contribution in [3.63, 3.8) is 0 Å². The van der Waals surface area contributed by atoms with Crippen LogP contribution in [0.4, 0.5) is 0 Å². The van der Waals surface area contributed by atoms with Gasteiger partial charge < -0.3 is 11.1 Å². The number of nitrogens with two attached hydrogens (primary N) is 1. The summed E-state index contributed by atoms with van der Waals surface area (Å²) >= 11 is 0. The number of nitrogens with one attached hydrogen (secondary N) is 1. The van der Waals surface area contributed by atoms with Gasteiger partial charge in [0.05, 0.1) is 6.20 Å². The maximum absolute atomic E-state index is 12.8. The van der Waals surface area contributed by atoms with Gasteiger partial charge in [0.25, 0.3) is 5.91 Å². The Balaban J connectivity index is 1.58. The van der Waals surface area contributed by atoms with Crippen LogP contribution in [0, 0.1) is 18.8 Å². The molecule has 2 aromatic heterocycles. The van der Waals surface area contributed by atoms with Crippen molar-refractivity contribution in [2.45, 2.75) is 51.1 Å². The fourth-order valence-corrected chi connectivity index (χ4v) is 4.37. The van der Waals surface area contributed by atoms with Crippen molar-refractivity contribution >= 4 is 11.6 Å². The number of carbonyl (C=O) groups is 1. The predicted molar refractivity (Wildman–Crippen MR) is 87.0 cm³/mol. The van der Waals surface area contributed by atoms with E-state index in [0.717, 1.165) is 18.5 Å². The number of amides is 1. The summed E-state index contributed by atoms with van der Waals surface area (Å²) < 4.78 is 1.65. The molecule has 0 spiro atoms. The molecule has 2 aliphatic rings. The minimum atomic E-state index is -0.0597. The Morgan fingerprint density at radius 3 is 2.83 bits per heavy atom. The fraction of sp³-hybridized carbons (Fsp3) is 0.588. The van der Waals surface area contributed by atoms with Gasteiger partial charge in [0.1, 0.15) is 5.56 Å². The summed E-state index contributed by atoms with van der Waals surface area (Å²) in [6.45, 7) is 1.92. The van der Waals surface area contributed by atoms with E-state index in [1.54, 1.807) is 10.7 Å². The normalized spacial score (nSPS) is 30.3. The maximum Gasteiger partial charge on any atom is 0.257 e. The van der Waals surface area contributed by atoms with E-state index in [4.69, 9.17) is 5.73 Å². The number of rotatable bonds is 2. The van der Waals surface area contributed by atoms with Crippen molar-refractivity contribution in [3.05, 3.63) is 29.7 Å². The molecule has 1 amide bonds. The number of aromatic nitrogens is 3. The van der Waals surface area contributed by atoms with E-state index in [-0.39, 0.29) is 11.9 Å². The Morgan fingerprint density at radius 1 is 1.35 bits per heavy atom. The molecule has 0 saturated heterocycles. The number of hydrogen-bond acceptors (Lipinski definition) is 4. The second kappa shape index (κ2) is 5.60.